The number of fused-ring (bicyclic) bond motifs is 1. The summed E-state index contributed by atoms with van der Waals surface area (Å²) >= 11 is 0. The summed E-state index contributed by atoms with van der Waals surface area (Å²) in [5, 5.41) is 1.20. The number of para-hydroxylation sites is 1. The molecule has 0 radical (unpaired) electrons. The number of H-pyrrole nitrogens is 1. The molecule has 3 aromatic carbocycles. The Labute approximate surface area is 170 Å². The summed E-state index contributed by atoms with van der Waals surface area (Å²) in [6.45, 7) is 0. The molecule has 0 amide bonds. The molecule has 1 N–H and O–H groups in total. The number of hydrogen-bond donors (Lipinski definition) is 1. The quantitative estimate of drug-likeness (QED) is 0.412. The molecule has 0 aliphatic heterocycles. The highest BCUT2D eigenvalue weighted by Crippen LogP contribution is 2.26. The van der Waals surface area contributed by atoms with Crippen LogP contribution < -0.4 is 9.47 Å². The van der Waals surface area contributed by atoms with Crippen molar-refractivity contribution in [2.24, 2.45) is 0 Å². The molecule has 0 atom stereocenters. The lowest BCUT2D eigenvalue weighted by atomic mass is 10.1. The molecule has 3 nitrogen and oxygen atoms in total. The van der Waals surface area contributed by atoms with Crippen molar-refractivity contribution in [1.82, 2.24) is 4.98 Å². The van der Waals surface area contributed by atoms with Gasteiger partial charge in [0, 0.05) is 22.2 Å². The average Bonchev–Trinajstić information content (AvgIpc) is 3.14. The van der Waals surface area contributed by atoms with Gasteiger partial charge in [0.1, 0.15) is 11.5 Å². The van der Waals surface area contributed by atoms with Gasteiger partial charge in [-0.15, -0.1) is 0 Å². The lowest BCUT2D eigenvalue weighted by molar-refractivity contribution is 0.414. The van der Waals surface area contributed by atoms with Crippen LogP contribution >= 0.6 is 0 Å². The topological polar surface area (TPSA) is 34.2 Å². The van der Waals surface area contributed by atoms with Crippen LogP contribution in [0, 0.1) is 0 Å². The minimum absolute atomic E-state index is 0.857. The Hall–Kier alpha value is -3.72. The minimum Gasteiger partial charge on any atom is -0.497 e. The van der Waals surface area contributed by atoms with Crippen LogP contribution in [0.25, 0.3) is 35.2 Å². The number of ether oxygens (including phenoxy) is 2. The number of aromatic amines is 1. The van der Waals surface area contributed by atoms with Gasteiger partial charge in [-0.05, 0) is 47.5 Å². The Bertz CT molecular complexity index is 1150. The van der Waals surface area contributed by atoms with E-state index in [1.807, 2.05) is 42.5 Å². The second-order valence-corrected chi connectivity index (χ2v) is 6.71. The van der Waals surface area contributed by atoms with Crippen LogP contribution in [0.3, 0.4) is 0 Å². The van der Waals surface area contributed by atoms with Crippen LogP contribution in [0.2, 0.25) is 0 Å². The predicted octanol–water partition coefficient (Wildman–Crippen LogP) is 6.53. The Morgan fingerprint density at radius 2 is 1.17 bits per heavy atom. The van der Waals surface area contributed by atoms with Gasteiger partial charge in [-0.25, -0.2) is 0 Å². The number of nitrogens with one attached hydrogen (secondary N) is 1. The van der Waals surface area contributed by atoms with E-state index in [2.05, 4.69) is 59.6 Å². The summed E-state index contributed by atoms with van der Waals surface area (Å²) in [6, 6.07) is 24.4. The smallest absolute Gasteiger partial charge is 0.118 e. The van der Waals surface area contributed by atoms with Gasteiger partial charge in [0.2, 0.25) is 0 Å². The molecule has 0 unspecified atom stereocenters. The van der Waals surface area contributed by atoms with E-state index in [0.717, 1.165) is 33.8 Å². The lowest BCUT2D eigenvalue weighted by Crippen LogP contribution is -1.82. The summed E-state index contributed by atoms with van der Waals surface area (Å²) in [5.74, 6) is 1.72. The van der Waals surface area contributed by atoms with Gasteiger partial charge in [0.05, 0.1) is 14.2 Å². The molecule has 0 saturated heterocycles. The number of aromatic nitrogens is 1. The Balaban J connectivity index is 1.67. The van der Waals surface area contributed by atoms with Crippen molar-refractivity contribution in [3.8, 4) is 11.5 Å². The van der Waals surface area contributed by atoms with Crippen molar-refractivity contribution in [3.05, 3.63) is 95.2 Å². The number of hydrogen-bond acceptors (Lipinski definition) is 2. The first kappa shape index (κ1) is 18.6. The van der Waals surface area contributed by atoms with Crippen LogP contribution in [-0.2, 0) is 0 Å². The van der Waals surface area contributed by atoms with Gasteiger partial charge >= 0.3 is 0 Å². The van der Waals surface area contributed by atoms with Crippen molar-refractivity contribution < 1.29 is 9.47 Å². The van der Waals surface area contributed by atoms with Gasteiger partial charge in [0.15, 0.2) is 0 Å². The summed E-state index contributed by atoms with van der Waals surface area (Å²) in [4.78, 5) is 3.53. The monoisotopic (exact) mass is 381 g/mol. The van der Waals surface area contributed by atoms with Crippen molar-refractivity contribution in [2.75, 3.05) is 14.2 Å². The third kappa shape index (κ3) is 4.25. The molecule has 0 saturated carbocycles. The SMILES string of the molecule is COc1ccc(/C=C/c2[nH]c3ccccc3c2/C=C/c2ccc(OC)cc2)cc1. The highest BCUT2D eigenvalue weighted by molar-refractivity contribution is 5.96. The first-order valence-electron chi connectivity index (χ1n) is 9.52. The lowest BCUT2D eigenvalue weighted by Gasteiger charge is -2.00. The average molecular weight is 381 g/mol. The van der Waals surface area contributed by atoms with E-state index in [-0.39, 0.29) is 0 Å². The van der Waals surface area contributed by atoms with Crippen LogP contribution in [0.5, 0.6) is 11.5 Å². The van der Waals surface area contributed by atoms with Gasteiger partial charge in [0.25, 0.3) is 0 Å². The Morgan fingerprint density at radius 1 is 0.621 bits per heavy atom. The summed E-state index contributed by atoms with van der Waals surface area (Å²) in [5.41, 5.74) is 5.61. The second-order valence-electron chi connectivity index (χ2n) is 6.71. The molecule has 3 heteroatoms. The molecule has 144 valence electrons. The number of benzene rings is 3. The molecule has 0 spiro atoms. The molecule has 0 fully saturated rings. The third-order valence-corrected chi connectivity index (χ3v) is 4.89. The van der Waals surface area contributed by atoms with Gasteiger partial charge in [-0.2, -0.15) is 0 Å². The second kappa shape index (κ2) is 8.53. The van der Waals surface area contributed by atoms with E-state index >= 15 is 0 Å². The van der Waals surface area contributed by atoms with Crippen molar-refractivity contribution in [3.63, 3.8) is 0 Å². The normalized spacial score (nSPS) is 11.5. The zero-order valence-electron chi connectivity index (χ0n) is 16.6. The fourth-order valence-electron chi connectivity index (χ4n) is 3.28. The zero-order valence-corrected chi connectivity index (χ0v) is 16.6. The fraction of sp³-hybridized carbons (Fsp3) is 0.0769. The number of rotatable bonds is 6. The molecule has 4 rings (SSSR count). The van der Waals surface area contributed by atoms with Gasteiger partial charge < -0.3 is 14.5 Å². The summed E-state index contributed by atoms with van der Waals surface area (Å²) < 4.78 is 10.5. The summed E-state index contributed by atoms with van der Waals surface area (Å²) in [6.07, 6.45) is 8.51. The molecule has 4 aromatic rings. The first-order chi connectivity index (χ1) is 14.3. The van der Waals surface area contributed by atoms with Gasteiger partial charge in [-0.1, -0.05) is 60.7 Å². The maximum absolute atomic E-state index is 5.24. The molecular formula is C26H23NO2. The van der Waals surface area contributed by atoms with Crippen molar-refractivity contribution >= 4 is 35.2 Å². The Morgan fingerprint density at radius 3 is 1.76 bits per heavy atom. The molecule has 29 heavy (non-hydrogen) atoms. The van der Waals surface area contributed by atoms with Crippen LogP contribution in [0.4, 0.5) is 0 Å². The highest BCUT2D eigenvalue weighted by atomic mass is 16.5. The number of methoxy groups -OCH3 is 2. The molecule has 1 aromatic heterocycles. The van der Waals surface area contributed by atoms with E-state index in [0.29, 0.717) is 0 Å². The fourth-order valence-corrected chi connectivity index (χ4v) is 3.28. The van der Waals surface area contributed by atoms with E-state index in [9.17, 15) is 0 Å². The van der Waals surface area contributed by atoms with Gasteiger partial charge in [-0.3, -0.25) is 0 Å². The van der Waals surface area contributed by atoms with Crippen LogP contribution in [-0.4, -0.2) is 19.2 Å². The third-order valence-electron chi connectivity index (χ3n) is 4.89. The molecule has 0 aliphatic rings. The molecule has 0 bridgehead atoms. The van der Waals surface area contributed by atoms with E-state index in [1.54, 1.807) is 14.2 Å². The van der Waals surface area contributed by atoms with E-state index in [1.165, 1.54) is 10.9 Å². The first-order valence-corrected chi connectivity index (χ1v) is 9.52. The standard InChI is InChI=1S/C26H23NO2/c1-28-21-13-7-19(8-14-21)11-17-24-23-5-3-4-6-25(23)27-26(24)18-12-20-9-15-22(29-2)16-10-20/h3-18,27H,1-2H3/b17-11+,18-12+. The summed E-state index contributed by atoms with van der Waals surface area (Å²) in [7, 11) is 3.36. The minimum atomic E-state index is 0.857. The van der Waals surface area contributed by atoms with E-state index < -0.39 is 0 Å². The van der Waals surface area contributed by atoms with E-state index in [4.69, 9.17) is 9.47 Å². The van der Waals surface area contributed by atoms with Crippen molar-refractivity contribution in [2.45, 2.75) is 0 Å². The highest BCUT2D eigenvalue weighted by Gasteiger charge is 2.06. The predicted molar refractivity (Wildman–Crippen MR) is 122 cm³/mol. The van der Waals surface area contributed by atoms with Crippen LogP contribution in [0.15, 0.2) is 72.8 Å². The maximum Gasteiger partial charge on any atom is 0.118 e. The molecule has 1 heterocycles. The van der Waals surface area contributed by atoms with Crippen molar-refractivity contribution in [1.29, 1.82) is 0 Å². The zero-order chi connectivity index (χ0) is 20.1. The largest absolute Gasteiger partial charge is 0.497 e. The Kier molecular flexibility index (Phi) is 5.48. The molecular weight excluding hydrogens is 358 g/mol. The maximum atomic E-state index is 5.24. The molecule has 0 aliphatic carbocycles. The van der Waals surface area contributed by atoms with Crippen LogP contribution in [0.1, 0.15) is 22.4 Å².